The van der Waals surface area contributed by atoms with Crippen molar-refractivity contribution in [2.45, 2.75) is 16.8 Å². The van der Waals surface area contributed by atoms with E-state index < -0.39 is 9.84 Å². The number of hydrogen-bond donors (Lipinski definition) is 1. The number of hydrogen-bond acceptors (Lipinski definition) is 4. The molecule has 0 amide bonds. The molecule has 5 nitrogen and oxygen atoms in total. The van der Waals surface area contributed by atoms with Crippen LogP contribution in [-0.4, -0.2) is 25.5 Å². The van der Waals surface area contributed by atoms with Crippen molar-refractivity contribution in [3.8, 4) is 5.88 Å². The monoisotopic (exact) mass is 380 g/mol. The number of aromatic amines is 1. The molecule has 7 heteroatoms. The highest BCUT2D eigenvalue weighted by Gasteiger charge is 2.26. The summed E-state index contributed by atoms with van der Waals surface area (Å²) < 4.78 is 31.3. The molecule has 0 atom stereocenters. The van der Waals surface area contributed by atoms with Crippen molar-refractivity contribution in [3.05, 3.63) is 46.6 Å². The fourth-order valence-electron chi connectivity index (χ4n) is 2.20. The SMILES string of the molecule is COc1nc(S(=O)(=O)c2ccc(C)cc2)c(Br)c2cc[nH]c12. The maximum absolute atomic E-state index is 12.8. The Morgan fingerprint density at radius 1 is 1.18 bits per heavy atom. The van der Waals surface area contributed by atoms with E-state index in [9.17, 15) is 8.42 Å². The molecule has 3 rings (SSSR count). The van der Waals surface area contributed by atoms with Crippen molar-refractivity contribution >= 4 is 36.7 Å². The first-order valence-corrected chi connectivity index (χ1v) is 8.75. The lowest BCUT2D eigenvalue weighted by Gasteiger charge is -2.10. The van der Waals surface area contributed by atoms with Gasteiger partial charge in [0.15, 0.2) is 5.03 Å². The summed E-state index contributed by atoms with van der Waals surface area (Å²) in [5.41, 5.74) is 1.64. The van der Waals surface area contributed by atoms with Crippen molar-refractivity contribution < 1.29 is 13.2 Å². The third-order valence-electron chi connectivity index (χ3n) is 3.37. The predicted molar refractivity (Wildman–Crippen MR) is 87.0 cm³/mol. The van der Waals surface area contributed by atoms with E-state index in [1.807, 2.05) is 6.92 Å². The second-order valence-electron chi connectivity index (χ2n) is 4.82. The lowest BCUT2D eigenvalue weighted by Crippen LogP contribution is -2.07. The highest BCUT2D eigenvalue weighted by Crippen LogP contribution is 2.36. The predicted octanol–water partition coefficient (Wildman–Crippen LogP) is 3.48. The second-order valence-corrected chi connectivity index (χ2v) is 7.48. The Morgan fingerprint density at radius 3 is 2.50 bits per heavy atom. The van der Waals surface area contributed by atoms with Crippen LogP contribution in [0.1, 0.15) is 5.56 Å². The minimum absolute atomic E-state index is 0.0553. The third-order valence-corrected chi connectivity index (χ3v) is 6.13. The van der Waals surface area contributed by atoms with E-state index in [4.69, 9.17) is 4.74 Å². The fourth-order valence-corrected chi connectivity index (χ4v) is 4.52. The average molecular weight is 381 g/mol. The highest BCUT2D eigenvalue weighted by atomic mass is 79.9. The number of methoxy groups -OCH3 is 1. The molecule has 0 aliphatic carbocycles. The zero-order valence-corrected chi connectivity index (χ0v) is 14.3. The molecular formula is C15H13BrN2O3S. The van der Waals surface area contributed by atoms with E-state index in [1.54, 1.807) is 36.5 Å². The molecule has 1 aromatic carbocycles. The molecular weight excluding hydrogens is 368 g/mol. The zero-order chi connectivity index (χ0) is 15.9. The molecule has 3 aromatic rings. The van der Waals surface area contributed by atoms with E-state index in [0.29, 0.717) is 15.4 Å². The minimum Gasteiger partial charge on any atom is -0.479 e. The molecule has 0 bridgehead atoms. The van der Waals surface area contributed by atoms with Gasteiger partial charge in [-0.25, -0.2) is 8.42 Å². The van der Waals surface area contributed by atoms with E-state index in [-0.39, 0.29) is 15.8 Å². The maximum Gasteiger partial charge on any atom is 0.239 e. The van der Waals surface area contributed by atoms with Gasteiger partial charge < -0.3 is 9.72 Å². The molecule has 2 aromatic heterocycles. The van der Waals surface area contributed by atoms with Crippen LogP contribution in [0.25, 0.3) is 10.9 Å². The number of fused-ring (bicyclic) bond motifs is 1. The quantitative estimate of drug-likeness (QED) is 0.754. The number of rotatable bonds is 3. The Balaban J connectivity index is 2.29. The zero-order valence-electron chi connectivity index (χ0n) is 11.9. The van der Waals surface area contributed by atoms with Crippen LogP contribution in [0.5, 0.6) is 5.88 Å². The van der Waals surface area contributed by atoms with Crippen LogP contribution in [0.3, 0.4) is 0 Å². The second kappa shape index (κ2) is 5.40. The van der Waals surface area contributed by atoms with Gasteiger partial charge in [-0.15, -0.1) is 0 Å². The molecule has 114 valence electrons. The minimum atomic E-state index is -3.74. The first-order valence-electron chi connectivity index (χ1n) is 6.47. The van der Waals surface area contributed by atoms with Gasteiger partial charge in [-0.2, -0.15) is 4.98 Å². The number of nitrogens with zero attached hydrogens (tertiary/aromatic N) is 1. The van der Waals surface area contributed by atoms with E-state index in [1.165, 1.54) is 7.11 Å². The van der Waals surface area contributed by atoms with Crippen LogP contribution in [0.4, 0.5) is 0 Å². The van der Waals surface area contributed by atoms with Gasteiger partial charge >= 0.3 is 0 Å². The molecule has 1 N–H and O–H groups in total. The van der Waals surface area contributed by atoms with Crippen LogP contribution >= 0.6 is 15.9 Å². The van der Waals surface area contributed by atoms with Gasteiger partial charge in [0, 0.05) is 11.6 Å². The van der Waals surface area contributed by atoms with Crippen molar-refractivity contribution in [2.75, 3.05) is 7.11 Å². The molecule has 0 spiro atoms. The molecule has 0 saturated carbocycles. The number of ether oxygens (including phenoxy) is 1. The van der Waals surface area contributed by atoms with Crippen LogP contribution in [-0.2, 0) is 9.84 Å². The number of pyridine rings is 1. The molecule has 0 unspecified atom stereocenters. The summed E-state index contributed by atoms with van der Waals surface area (Å²) in [7, 11) is -2.28. The van der Waals surface area contributed by atoms with Gasteiger partial charge in [0.05, 0.1) is 16.5 Å². The van der Waals surface area contributed by atoms with Crippen LogP contribution in [0.2, 0.25) is 0 Å². The number of sulfone groups is 1. The summed E-state index contributed by atoms with van der Waals surface area (Å²) in [6.07, 6.45) is 1.71. The normalized spacial score (nSPS) is 11.8. The van der Waals surface area contributed by atoms with E-state index >= 15 is 0 Å². The lowest BCUT2D eigenvalue weighted by molar-refractivity contribution is 0.398. The van der Waals surface area contributed by atoms with Gasteiger partial charge in [-0.1, -0.05) is 17.7 Å². The molecule has 2 heterocycles. The number of halogens is 1. The molecule has 0 fully saturated rings. The number of aryl methyl sites for hydroxylation is 1. The molecule has 22 heavy (non-hydrogen) atoms. The van der Waals surface area contributed by atoms with Gasteiger partial charge in [-0.3, -0.25) is 0 Å². The Hall–Kier alpha value is -1.86. The number of nitrogens with one attached hydrogen (secondary N) is 1. The molecule has 0 saturated heterocycles. The third kappa shape index (κ3) is 2.30. The van der Waals surface area contributed by atoms with E-state index in [2.05, 4.69) is 25.9 Å². The van der Waals surface area contributed by atoms with Crippen molar-refractivity contribution in [3.63, 3.8) is 0 Å². The summed E-state index contributed by atoms with van der Waals surface area (Å²) in [4.78, 5) is 7.36. The van der Waals surface area contributed by atoms with Gasteiger partial charge in [0.1, 0.15) is 5.52 Å². The molecule has 0 aliphatic heterocycles. The standard InChI is InChI=1S/C15H13BrN2O3S/c1-9-3-5-10(6-4-9)22(19,20)15-12(16)11-7-8-17-13(11)14(18-15)21-2/h3-8,17H,1-2H3. The summed E-state index contributed by atoms with van der Waals surface area (Å²) in [5.74, 6) is 0.244. The molecule has 0 aliphatic rings. The Bertz CT molecular complexity index is 947. The lowest BCUT2D eigenvalue weighted by atomic mass is 10.2. The fraction of sp³-hybridized carbons (Fsp3) is 0.133. The topological polar surface area (TPSA) is 72.0 Å². The van der Waals surface area contributed by atoms with Crippen LogP contribution < -0.4 is 4.74 Å². The van der Waals surface area contributed by atoms with Crippen molar-refractivity contribution in [2.24, 2.45) is 0 Å². The summed E-state index contributed by atoms with van der Waals surface area (Å²) >= 11 is 3.35. The largest absolute Gasteiger partial charge is 0.479 e. The first kappa shape index (κ1) is 15.1. The smallest absolute Gasteiger partial charge is 0.239 e. The van der Waals surface area contributed by atoms with Crippen LogP contribution in [0, 0.1) is 6.92 Å². The van der Waals surface area contributed by atoms with Gasteiger partial charge in [0.25, 0.3) is 0 Å². The van der Waals surface area contributed by atoms with Crippen molar-refractivity contribution in [1.29, 1.82) is 0 Å². The van der Waals surface area contributed by atoms with Gasteiger partial charge in [0.2, 0.25) is 15.7 Å². The van der Waals surface area contributed by atoms with Gasteiger partial charge in [-0.05, 0) is 41.1 Å². The van der Waals surface area contributed by atoms with E-state index in [0.717, 1.165) is 5.56 Å². The van der Waals surface area contributed by atoms with Crippen molar-refractivity contribution in [1.82, 2.24) is 9.97 Å². The number of benzene rings is 1. The Labute approximate surface area is 136 Å². The number of H-pyrrole nitrogens is 1. The summed E-state index contributed by atoms with van der Waals surface area (Å²) in [6, 6.07) is 8.44. The summed E-state index contributed by atoms with van der Waals surface area (Å²) in [6.45, 7) is 1.90. The summed E-state index contributed by atoms with van der Waals surface area (Å²) in [5, 5.41) is 0.651. The Kier molecular flexibility index (Phi) is 3.70. The Morgan fingerprint density at radius 2 is 1.86 bits per heavy atom. The average Bonchev–Trinajstić information content (AvgIpc) is 2.98. The maximum atomic E-state index is 12.8. The van der Waals surface area contributed by atoms with Crippen LogP contribution in [0.15, 0.2) is 50.9 Å². The number of aromatic nitrogens is 2. The first-order chi connectivity index (χ1) is 10.4. The molecule has 0 radical (unpaired) electrons. The highest BCUT2D eigenvalue weighted by molar-refractivity contribution is 9.10.